The lowest BCUT2D eigenvalue weighted by molar-refractivity contribution is -0.126. The molecule has 2 aliphatic rings. The van der Waals surface area contributed by atoms with Crippen molar-refractivity contribution in [3.05, 3.63) is 11.9 Å². The van der Waals surface area contributed by atoms with Crippen molar-refractivity contribution in [2.24, 2.45) is 13.0 Å². The summed E-state index contributed by atoms with van der Waals surface area (Å²) in [5.74, 6) is -0.336. The second-order valence-electron chi connectivity index (χ2n) is 8.19. The predicted molar refractivity (Wildman–Crippen MR) is 107 cm³/mol. The molecule has 0 aliphatic carbocycles. The quantitative estimate of drug-likeness (QED) is 0.758. The normalized spacial score (nSPS) is 23.5. The van der Waals surface area contributed by atoms with Gasteiger partial charge in [-0.1, -0.05) is 6.42 Å². The minimum absolute atomic E-state index is 0.0349. The average molecular weight is 412 g/mol. The highest BCUT2D eigenvalue weighted by Crippen LogP contribution is 2.25. The largest absolute Gasteiger partial charge is 0.352 e. The van der Waals surface area contributed by atoms with Crippen molar-refractivity contribution < 1.29 is 13.2 Å². The van der Waals surface area contributed by atoms with Gasteiger partial charge in [0.1, 0.15) is 4.90 Å². The third-order valence-corrected chi connectivity index (χ3v) is 7.90. The second-order valence-corrected chi connectivity index (χ2v) is 10.1. The highest BCUT2D eigenvalue weighted by atomic mass is 32.2. The number of aryl methyl sites for hydroxylation is 1. The van der Waals surface area contributed by atoms with Crippen molar-refractivity contribution in [2.45, 2.75) is 56.9 Å². The molecule has 1 aromatic rings. The summed E-state index contributed by atoms with van der Waals surface area (Å²) in [6.45, 7) is 7.51. The van der Waals surface area contributed by atoms with Crippen LogP contribution in [-0.4, -0.2) is 72.1 Å². The molecule has 28 heavy (non-hydrogen) atoms. The molecule has 0 saturated carbocycles. The Kier molecular flexibility index (Phi) is 6.77. The number of aromatic nitrogens is 2. The van der Waals surface area contributed by atoms with Crippen LogP contribution in [0.1, 0.15) is 44.7 Å². The van der Waals surface area contributed by atoms with Crippen LogP contribution in [0.3, 0.4) is 0 Å². The van der Waals surface area contributed by atoms with Crippen LogP contribution in [0.5, 0.6) is 0 Å². The molecule has 0 bridgehead atoms. The van der Waals surface area contributed by atoms with E-state index in [1.807, 2.05) is 6.92 Å². The van der Waals surface area contributed by atoms with Crippen LogP contribution in [0, 0.1) is 12.8 Å². The van der Waals surface area contributed by atoms with Gasteiger partial charge in [-0.25, -0.2) is 8.42 Å². The SMILES string of the molecule is Cc1c(S(=O)(=O)N2CCC[C@@H](C(=O)N[C@@H](C)CN3CCCCC3)C2)cnn1C. The van der Waals surface area contributed by atoms with Crippen LogP contribution in [0.4, 0.5) is 0 Å². The first kappa shape index (κ1) is 21.3. The summed E-state index contributed by atoms with van der Waals surface area (Å²) in [6, 6.07) is 0.0677. The van der Waals surface area contributed by atoms with Gasteiger partial charge in [0, 0.05) is 32.7 Å². The van der Waals surface area contributed by atoms with Gasteiger partial charge in [0.05, 0.1) is 17.8 Å². The number of hydrogen-bond donors (Lipinski definition) is 1. The Morgan fingerprint density at radius 1 is 1.25 bits per heavy atom. The van der Waals surface area contributed by atoms with Crippen LogP contribution in [0.25, 0.3) is 0 Å². The number of hydrogen-bond acceptors (Lipinski definition) is 5. The van der Waals surface area contributed by atoms with E-state index in [1.165, 1.54) is 29.8 Å². The highest BCUT2D eigenvalue weighted by molar-refractivity contribution is 7.89. The van der Waals surface area contributed by atoms with Gasteiger partial charge in [-0.15, -0.1) is 0 Å². The van der Waals surface area contributed by atoms with E-state index in [2.05, 4.69) is 15.3 Å². The van der Waals surface area contributed by atoms with E-state index in [9.17, 15) is 13.2 Å². The highest BCUT2D eigenvalue weighted by Gasteiger charge is 2.35. The number of carbonyl (C=O) groups is 1. The molecule has 158 valence electrons. The van der Waals surface area contributed by atoms with Crippen LogP contribution in [0.2, 0.25) is 0 Å². The first-order valence-corrected chi connectivity index (χ1v) is 11.7. The molecular weight excluding hydrogens is 378 g/mol. The molecule has 0 radical (unpaired) electrons. The lowest BCUT2D eigenvalue weighted by Gasteiger charge is -2.33. The van der Waals surface area contributed by atoms with Crippen molar-refractivity contribution in [3.63, 3.8) is 0 Å². The van der Waals surface area contributed by atoms with E-state index in [0.717, 1.165) is 26.1 Å². The van der Waals surface area contributed by atoms with Crippen molar-refractivity contribution in [2.75, 3.05) is 32.7 Å². The molecule has 2 fully saturated rings. The molecule has 1 N–H and O–H groups in total. The Bertz CT molecular complexity index is 785. The topological polar surface area (TPSA) is 87.5 Å². The van der Waals surface area contributed by atoms with E-state index < -0.39 is 10.0 Å². The lowest BCUT2D eigenvalue weighted by atomic mass is 9.98. The number of likely N-dealkylation sites (tertiary alicyclic amines) is 1. The van der Waals surface area contributed by atoms with Crippen molar-refractivity contribution in [3.8, 4) is 0 Å². The summed E-state index contributed by atoms with van der Waals surface area (Å²) >= 11 is 0. The minimum atomic E-state index is -3.63. The fraction of sp³-hybridized carbons (Fsp3) is 0.789. The maximum atomic E-state index is 13.0. The standard InChI is InChI=1S/C19H33N5O3S/c1-15(13-23-9-5-4-6-10-23)21-19(25)17-8-7-11-24(14-17)28(26,27)18-12-20-22(3)16(18)2/h12,15,17H,4-11,13-14H2,1-3H3,(H,21,25)/t15-,17+/m0/s1. The van der Waals surface area contributed by atoms with Crippen molar-refractivity contribution in [1.29, 1.82) is 0 Å². The summed E-state index contributed by atoms with van der Waals surface area (Å²) in [4.78, 5) is 15.4. The zero-order valence-corrected chi connectivity index (χ0v) is 18.0. The monoisotopic (exact) mass is 411 g/mol. The maximum Gasteiger partial charge on any atom is 0.246 e. The van der Waals surface area contributed by atoms with Gasteiger partial charge in [-0.05, 0) is 52.6 Å². The lowest BCUT2D eigenvalue weighted by Crippen LogP contribution is -2.49. The first-order valence-electron chi connectivity index (χ1n) is 10.3. The Morgan fingerprint density at radius 3 is 2.61 bits per heavy atom. The maximum absolute atomic E-state index is 13.0. The van der Waals surface area contributed by atoms with Crippen LogP contribution in [-0.2, 0) is 21.9 Å². The summed E-state index contributed by atoms with van der Waals surface area (Å²) in [5, 5.41) is 7.16. The molecule has 0 aromatic carbocycles. The van der Waals surface area contributed by atoms with Crippen LogP contribution < -0.4 is 5.32 Å². The molecular formula is C19H33N5O3S. The van der Waals surface area contributed by atoms with E-state index in [0.29, 0.717) is 18.7 Å². The van der Waals surface area contributed by atoms with Gasteiger partial charge >= 0.3 is 0 Å². The van der Waals surface area contributed by atoms with Gasteiger partial charge in [-0.3, -0.25) is 9.48 Å². The summed E-state index contributed by atoms with van der Waals surface area (Å²) in [6.07, 6.45) is 6.56. The molecule has 3 rings (SSSR count). The third kappa shape index (κ3) is 4.75. The molecule has 1 amide bonds. The van der Waals surface area contributed by atoms with Crippen molar-refractivity contribution in [1.82, 2.24) is 24.3 Å². The number of rotatable bonds is 6. The molecule has 0 spiro atoms. The summed E-state index contributed by atoms with van der Waals surface area (Å²) in [7, 11) is -1.90. The Hall–Kier alpha value is -1.45. The average Bonchev–Trinajstić information content (AvgIpc) is 3.02. The summed E-state index contributed by atoms with van der Waals surface area (Å²) < 4.78 is 29.0. The van der Waals surface area contributed by atoms with Crippen LogP contribution >= 0.6 is 0 Å². The van der Waals surface area contributed by atoms with Gasteiger partial charge < -0.3 is 10.2 Å². The van der Waals surface area contributed by atoms with Gasteiger partial charge in [0.2, 0.25) is 15.9 Å². The fourth-order valence-electron chi connectivity index (χ4n) is 4.18. The molecule has 2 atom stereocenters. The molecule has 2 aliphatic heterocycles. The third-order valence-electron chi connectivity index (χ3n) is 5.93. The molecule has 1 aromatic heterocycles. The number of piperidine rings is 2. The van der Waals surface area contributed by atoms with E-state index in [4.69, 9.17) is 0 Å². The molecule has 3 heterocycles. The zero-order valence-electron chi connectivity index (χ0n) is 17.2. The first-order chi connectivity index (χ1) is 13.3. The van der Waals surface area contributed by atoms with E-state index in [1.54, 1.807) is 18.7 Å². The molecule has 8 nitrogen and oxygen atoms in total. The number of nitrogens with zero attached hydrogens (tertiary/aromatic N) is 4. The Morgan fingerprint density at radius 2 is 1.96 bits per heavy atom. The van der Waals surface area contributed by atoms with Gasteiger partial charge in [-0.2, -0.15) is 9.40 Å². The Balaban J connectivity index is 1.59. The van der Waals surface area contributed by atoms with Crippen molar-refractivity contribution >= 4 is 15.9 Å². The summed E-state index contributed by atoms with van der Waals surface area (Å²) in [5.41, 5.74) is 0.613. The number of carbonyl (C=O) groups excluding carboxylic acids is 1. The number of amides is 1. The second kappa shape index (κ2) is 8.92. The van der Waals surface area contributed by atoms with E-state index >= 15 is 0 Å². The van der Waals surface area contributed by atoms with Crippen LogP contribution in [0.15, 0.2) is 11.1 Å². The van der Waals surface area contributed by atoms with E-state index in [-0.39, 0.29) is 29.3 Å². The number of sulfonamides is 1. The fourth-order valence-corrected chi connectivity index (χ4v) is 5.89. The minimum Gasteiger partial charge on any atom is -0.352 e. The molecule has 0 unspecified atom stereocenters. The molecule has 9 heteroatoms. The Labute approximate surface area is 168 Å². The van der Waals surface area contributed by atoms with Gasteiger partial charge in [0.25, 0.3) is 0 Å². The smallest absolute Gasteiger partial charge is 0.246 e. The predicted octanol–water partition coefficient (Wildman–Crippen LogP) is 1.12. The number of nitrogens with one attached hydrogen (secondary N) is 1. The van der Waals surface area contributed by atoms with Gasteiger partial charge in [0.15, 0.2) is 0 Å². The zero-order chi connectivity index (χ0) is 20.3. The molecule has 2 saturated heterocycles.